The van der Waals surface area contributed by atoms with E-state index >= 15 is 0 Å². The quantitative estimate of drug-likeness (QED) is 0.207. The van der Waals surface area contributed by atoms with E-state index in [1.165, 1.54) is 34.1 Å². The van der Waals surface area contributed by atoms with E-state index in [9.17, 15) is 18.8 Å². The first-order chi connectivity index (χ1) is 17.3. The first kappa shape index (κ1) is 26.1. The fraction of sp³-hybridized carbons (Fsp3) is 0.240. The maximum atomic E-state index is 14.7. The summed E-state index contributed by atoms with van der Waals surface area (Å²) in [6.45, 7) is 0.934. The molecule has 0 radical (unpaired) electrons. The number of thiophene rings is 1. The van der Waals surface area contributed by atoms with Gasteiger partial charge in [-0.05, 0) is 54.4 Å². The Balaban J connectivity index is 2.03. The van der Waals surface area contributed by atoms with Crippen molar-refractivity contribution in [2.24, 2.45) is 0 Å². The molecule has 0 bridgehead atoms. The minimum Gasteiger partial charge on any atom is -0.497 e. The molecule has 4 aromatic rings. The summed E-state index contributed by atoms with van der Waals surface area (Å²) in [5.74, 6) is -0.640. The van der Waals surface area contributed by atoms with E-state index < -0.39 is 29.6 Å². The summed E-state index contributed by atoms with van der Waals surface area (Å²) in [5, 5.41) is 0.715. The third-order valence-electron chi connectivity index (χ3n) is 5.61. The zero-order chi connectivity index (χ0) is 26.0. The van der Waals surface area contributed by atoms with Crippen molar-refractivity contribution in [2.75, 3.05) is 13.7 Å². The number of hydrogen-bond donors (Lipinski definition) is 0. The molecule has 11 heteroatoms. The van der Waals surface area contributed by atoms with Gasteiger partial charge >= 0.3 is 11.7 Å². The van der Waals surface area contributed by atoms with Gasteiger partial charge in [0.1, 0.15) is 22.9 Å². The highest BCUT2D eigenvalue weighted by Crippen LogP contribution is 2.39. The number of esters is 1. The fourth-order valence-corrected chi connectivity index (χ4v) is 6.16. The molecule has 0 aliphatic rings. The van der Waals surface area contributed by atoms with Gasteiger partial charge in [-0.2, -0.15) is 0 Å². The van der Waals surface area contributed by atoms with Crippen molar-refractivity contribution in [3.63, 3.8) is 0 Å². The number of carbonyl (C=O) groups excluding carboxylic acids is 1. The number of fused-ring (bicyclic) bond motifs is 1. The van der Waals surface area contributed by atoms with Crippen LogP contribution < -0.4 is 16.0 Å². The zero-order valence-electron chi connectivity index (χ0n) is 19.3. The van der Waals surface area contributed by atoms with Gasteiger partial charge in [-0.15, -0.1) is 11.3 Å². The molecule has 2 heterocycles. The zero-order valence-corrected chi connectivity index (χ0v) is 22.5. The lowest BCUT2D eigenvalue weighted by atomic mass is 10.1. The van der Waals surface area contributed by atoms with Gasteiger partial charge in [0, 0.05) is 20.8 Å². The van der Waals surface area contributed by atoms with E-state index in [1.807, 2.05) is 12.1 Å². The van der Waals surface area contributed by atoms with Crippen LogP contribution in [0.15, 0.2) is 52.1 Å². The molecular formula is C25H21BrClFN2O5S. The Morgan fingerprint density at radius 1 is 1.11 bits per heavy atom. The van der Waals surface area contributed by atoms with Gasteiger partial charge in [-0.1, -0.05) is 33.6 Å². The highest BCUT2D eigenvalue weighted by molar-refractivity contribution is 9.08. The van der Waals surface area contributed by atoms with Crippen molar-refractivity contribution < 1.29 is 18.7 Å². The number of carbonyl (C=O) groups is 1. The highest BCUT2D eigenvalue weighted by atomic mass is 79.9. The average Bonchev–Trinajstić information content (AvgIpc) is 3.26. The highest BCUT2D eigenvalue weighted by Gasteiger charge is 2.24. The minimum absolute atomic E-state index is 0.0988. The maximum Gasteiger partial charge on any atom is 0.332 e. The van der Waals surface area contributed by atoms with Gasteiger partial charge < -0.3 is 9.47 Å². The standard InChI is InChI=1S/C25H21BrClFN2O5S/c1-3-35-20(31)13-29-23(32)21-16(11-26)22(14-7-9-15(34-2)10-8-14)36-24(21)30(25(29)33)12-17-18(27)5-4-6-19(17)28/h4-10H,3,11-13H2,1-2H3. The molecule has 0 aliphatic carbocycles. The molecule has 2 aromatic heterocycles. The average molecular weight is 596 g/mol. The predicted octanol–water partition coefficient (Wildman–Crippen LogP) is 5.20. The van der Waals surface area contributed by atoms with E-state index in [0.717, 1.165) is 15.0 Å². The lowest BCUT2D eigenvalue weighted by Crippen LogP contribution is -2.42. The normalized spacial score (nSPS) is 11.1. The number of hydrogen-bond acceptors (Lipinski definition) is 6. The van der Waals surface area contributed by atoms with Crippen LogP contribution in [0.5, 0.6) is 5.75 Å². The van der Waals surface area contributed by atoms with Crippen molar-refractivity contribution in [1.29, 1.82) is 0 Å². The summed E-state index contributed by atoms with van der Waals surface area (Å²) < 4.78 is 27.0. The van der Waals surface area contributed by atoms with Gasteiger partial charge in [0.2, 0.25) is 0 Å². The van der Waals surface area contributed by atoms with Crippen LogP contribution in [0.4, 0.5) is 4.39 Å². The molecule has 0 fully saturated rings. The second kappa shape index (κ2) is 11.0. The molecule has 7 nitrogen and oxygen atoms in total. The number of aromatic nitrogens is 2. The van der Waals surface area contributed by atoms with E-state index in [4.69, 9.17) is 21.1 Å². The molecule has 0 atom stereocenters. The molecule has 0 aliphatic heterocycles. The number of alkyl halides is 1. The van der Waals surface area contributed by atoms with Crippen molar-refractivity contribution >= 4 is 55.1 Å². The Morgan fingerprint density at radius 3 is 2.44 bits per heavy atom. The van der Waals surface area contributed by atoms with Crippen LogP contribution in [0.2, 0.25) is 5.02 Å². The van der Waals surface area contributed by atoms with Crippen molar-refractivity contribution in [1.82, 2.24) is 9.13 Å². The first-order valence-corrected chi connectivity index (χ1v) is 13.2. The molecular weight excluding hydrogens is 575 g/mol. The Morgan fingerprint density at radius 2 is 1.83 bits per heavy atom. The second-order valence-corrected chi connectivity index (χ2v) is 9.68. The summed E-state index contributed by atoms with van der Waals surface area (Å²) in [7, 11) is 1.57. The number of methoxy groups -OCH3 is 1. The number of benzene rings is 2. The van der Waals surface area contributed by atoms with Gasteiger partial charge in [0.15, 0.2) is 0 Å². The number of halogens is 3. The summed E-state index contributed by atoms with van der Waals surface area (Å²) >= 11 is 11.0. The fourth-order valence-electron chi connectivity index (χ4n) is 3.88. The van der Waals surface area contributed by atoms with E-state index in [1.54, 1.807) is 26.2 Å². The molecule has 188 valence electrons. The largest absolute Gasteiger partial charge is 0.497 e. The van der Waals surface area contributed by atoms with Crippen molar-refractivity contribution in [3.05, 3.63) is 85.3 Å². The molecule has 0 saturated heterocycles. The van der Waals surface area contributed by atoms with Crippen LogP contribution in [0.25, 0.3) is 20.7 Å². The molecule has 0 amide bonds. The molecule has 4 rings (SSSR count). The monoisotopic (exact) mass is 594 g/mol. The van der Waals surface area contributed by atoms with Gasteiger partial charge in [-0.3, -0.25) is 14.2 Å². The smallest absolute Gasteiger partial charge is 0.332 e. The third kappa shape index (κ3) is 4.85. The summed E-state index contributed by atoms with van der Waals surface area (Å²) in [6, 6.07) is 11.5. The summed E-state index contributed by atoms with van der Waals surface area (Å²) in [6.07, 6.45) is 0. The first-order valence-electron chi connectivity index (χ1n) is 10.9. The lowest BCUT2D eigenvalue weighted by Gasteiger charge is -2.13. The molecule has 0 N–H and O–H groups in total. The van der Waals surface area contributed by atoms with Crippen LogP contribution in [-0.4, -0.2) is 28.8 Å². The molecule has 0 unspecified atom stereocenters. The van der Waals surface area contributed by atoms with E-state index in [-0.39, 0.29) is 29.1 Å². The summed E-state index contributed by atoms with van der Waals surface area (Å²) in [4.78, 5) is 40.4. The summed E-state index contributed by atoms with van der Waals surface area (Å²) in [5.41, 5.74) is 0.179. The lowest BCUT2D eigenvalue weighted by molar-refractivity contribution is -0.143. The molecule has 2 aromatic carbocycles. The molecule has 0 saturated carbocycles. The third-order valence-corrected chi connectivity index (χ3v) is 7.83. The maximum absolute atomic E-state index is 14.7. The van der Waals surface area contributed by atoms with Crippen LogP contribution >= 0.6 is 38.9 Å². The predicted molar refractivity (Wildman–Crippen MR) is 142 cm³/mol. The Bertz CT molecular complexity index is 1540. The Labute approximate surface area is 222 Å². The van der Waals surface area contributed by atoms with Crippen molar-refractivity contribution in [2.45, 2.75) is 25.3 Å². The van der Waals surface area contributed by atoms with Gasteiger partial charge in [-0.25, -0.2) is 13.8 Å². The number of ether oxygens (including phenoxy) is 2. The van der Waals surface area contributed by atoms with Crippen LogP contribution in [0.3, 0.4) is 0 Å². The topological polar surface area (TPSA) is 79.5 Å². The second-order valence-electron chi connectivity index (χ2n) is 7.72. The Hall–Kier alpha value is -2.95. The molecule has 36 heavy (non-hydrogen) atoms. The number of rotatable bonds is 8. The number of nitrogens with zero attached hydrogens (tertiary/aromatic N) is 2. The van der Waals surface area contributed by atoms with Gasteiger partial charge in [0.25, 0.3) is 5.56 Å². The Kier molecular flexibility index (Phi) is 7.97. The van der Waals surface area contributed by atoms with E-state index in [2.05, 4.69) is 15.9 Å². The van der Waals surface area contributed by atoms with Crippen LogP contribution in [0.1, 0.15) is 18.1 Å². The van der Waals surface area contributed by atoms with Crippen LogP contribution in [0, 0.1) is 5.82 Å². The van der Waals surface area contributed by atoms with Crippen LogP contribution in [-0.2, 0) is 28.0 Å². The van der Waals surface area contributed by atoms with E-state index in [0.29, 0.717) is 21.5 Å². The molecule has 0 spiro atoms. The SMILES string of the molecule is CCOC(=O)Cn1c(=O)c2c(CBr)c(-c3ccc(OC)cc3)sc2n(Cc2c(F)cccc2Cl)c1=O. The van der Waals surface area contributed by atoms with Gasteiger partial charge in [0.05, 0.1) is 25.6 Å². The minimum atomic E-state index is -0.761. The van der Waals surface area contributed by atoms with Crippen molar-refractivity contribution in [3.8, 4) is 16.2 Å².